The van der Waals surface area contributed by atoms with Gasteiger partial charge in [0, 0.05) is 12.4 Å². The Morgan fingerprint density at radius 1 is 0.955 bits per heavy atom. The number of aliphatic hydroxyl groups is 1. The van der Waals surface area contributed by atoms with Crippen LogP contribution in [0.1, 0.15) is 44.4 Å². The van der Waals surface area contributed by atoms with Gasteiger partial charge in [-0.15, -0.1) is 6.58 Å². The Morgan fingerprint density at radius 3 is 2.09 bits per heavy atom. The van der Waals surface area contributed by atoms with Gasteiger partial charge in [-0.1, -0.05) is 93.6 Å². The third kappa shape index (κ3) is 7.91. The summed E-state index contributed by atoms with van der Waals surface area (Å²) in [5.74, 6) is -1.75. The topological polar surface area (TPSA) is 104 Å². The predicted molar refractivity (Wildman–Crippen MR) is 172 cm³/mol. The number of rotatable bonds is 12. The highest BCUT2D eigenvalue weighted by Gasteiger charge is 2.38. The van der Waals surface area contributed by atoms with Gasteiger partial charge in [0.15, 0.2) is 0 Å². The molecule has 1 heterocycles. The van der Waals surface area contributed by atoms with Crippen LogP contribution in [0.3, 0.4) is 0 Å². The molecule has 1 aromatic heterocycles. The maximum atomic E-state index is 13.9. The molecule has 3 aromatic carbocycles. The van der Waals surface area contributed by atoms with Crippen molar-refractivity contribution in [3.05, 3.63) is 121 Å². The highest BCUT2D eigenvalue weighted by atomic mass is 16.5. The maximum absolute atomic E-state index is 13.9. The van der Waals surface area contributed by atoms with Crippen molar-refractivity contribution in [2.75, 3.05) is 6.61 Å². The fourth-order valence-electron chi connectivity index (χ4n) is 5.04. The van der Waals surface area contributed by atoms with E-state index in [0.717, 1.165) is 27.8 Å². The highest BCUT2D eigenvalue weighted by molar-refractivity contribution is 5.87. The van der Waals surface area contributed by atoms with Crippen LogP contribution in [-0.4, -0.2) is 34.2 Å². The van der Waals surface area contributed by atoms with Crippen LogP contribution in [0.2, 0.25) is 0 Å². The molecule has 1 amide bonds. The molecule has 0 aliphatic carbocycles. The van der Waals surface area contributed by atoms with Crippen LogP contribution in [-0.2, 0) is 20.9 Å². The Bertz CT molecular complexity index is 1590. The lowest BCUT2D eigenvalue weighted by molar-refractivity contribution is -0.154. The van der Waals surface area contributed by atoms with Gasteiger partial charge >= 0.3 is 5.97 Å². The summed E-state index contributed by atoms with van der Waals surface area (Å²) in [5, 5.41) is 22.1. The summed E-state index contributed by atoms with van der Waals surface area (Å²) < 4.78 is 7.45. The third-order valence-electron chi connectivity index (χ3n) is 7.74. The Morgan fingerprint density at radius 2 is 1.55 bits per heavy atom. The molecule has 4 rings (SSSR count). The van der Waals surface area contributed by atoms with E-state index in [2.05, 4.69) is 18.0 Å². The predicted octanol–water partition coefficient (Wildman–Crippen LogP) is 6.69. The maximum Gasteiger partial charge on any atom is 0.312 e. The lowest BCUT2D eigenvalue weighted by Crippen LogP contribution is -2.50. The lowest BCUT2D eigenvalue weighted by Gasteiger charge is -2.33. The SMILES string of the molecule is C=CCC(C(=O)OCc1ccccc1)C(C(=O)NC(CO)C(C)(C)C)n1ccc(-c2ccc(-c3ccc(C#N)cc3)cc2)c1. The summed E-state index contributed by atoms with van der Waals surface area (Å²) in [5.41, 5.74) is 4.88. The van der Waals surface area contributed by atoms with E-state index >= 15 is 0 Å². The number of carbonyl (C=O) groups is 2. The van der Waals surface area contributed by atoms with E-state index in [-0.39, 0.29) is 25.5 Å². The number of esters is 1. The number of amides is 1. The van der Waals surface area contributed by atoms with Crippen molar-refractivity contribution in [1.82, 2.24) is 9.88 Å². The minimum absolute atomic E-state index is 0.0887. The molecule has 2 N–H and O–H groups in total. The van der Waals surface area contributed by atoms with Crippen LogP contribution in [0.5, 0.6) is 0 Å². The number of hydrogen-bond acceptors (Lipinski definition) is 5. The summed E-state index contributed by atoms with van der Waals surface area (Å²) in [4.78, 5) is 27.5. The van der Waals surface area contributed by atoms with E-state index in [1.54, 1.807) is 29.0 Å². The number of carbonyl (C=O) groups excluding carboxylic acids is 2. The number of allylic oxidation sites excluding steroid dienone is 1. The molecule has 0 saturated heterocycles. The number of ether oxygens (including phenoxy) is 1. The molecule has 0 aliphatic rings. The van der Waals surface area contributed by atoms with Gasteiger partial charge in [0.25, 0.3) is 0 Å². The van der Waals surface area contributed by atoms with E-state index in [1.807, 2.05) is 99.8 Å². The summed E-state index contributed by atoms with van der Waals surface area (Å²) in [6, 6.07) is 27.4. The fraction of sp³-hybridized carbons (Fsp3) is 0.270. The molecule has 7 nitrogen and oxygen atoms in total. The molecular formula is C37H39N3O4. The Balaban J connectivity index is 1.64. The Hall–Kier alpha value is -4.93. The van der Waals surface area contributed by atoms with Gasteiger partial charge in [-0.25, -0.2) is 0 Å². The van der Waals surface area contributed by atoms with Crippen molar-refractivity contribution in [1.29, 1.82) is 5.26 Å². The lowest BCUT2D eigenvalue weighted by atomic mass is 9.86. The molecule has 3 unspecified atom stereocenters. The van der Waals surface area contributed by atoms with E-state index < -0.39 is 29.4 Å². The average Bonchev–Trinajstić information content (AvgIpc) is 3.52. The number of nitrogens with zero attached hydrogens (tertiary/aromatic N) is 2. The molecule has 0 aliphatic heterocycles. The summed E-state index contributed by atoms with van der Waals surface area (Å²) in [7, 11) is 0. The Labute approximate surface area is 259 Å². The molecule has 226 valence electrons. The van der Waals surface area contributed by atoms with Gasteiger partial charge in [-0.05, 0) is 57.9 Å². The molecule has 0 fully saturated rings. The van der Waals surface area contributed by atoms with Crippen LogP contribution in [0.25, 0.3) is 22.3 Å². The average molecular weight is 590 g/mol. The Kier molecular flexibility index (Phi) is 10.5. The second kappa shape index (κ2) is 14.5. The standard InChI is InChI=1S/C37H39N3O4/c1-5-9-32(36(43)44-25-27-10-7-6-8-11-27)34(35(42)39-33(24-41)37(2,3)4)40-21-20-31(23-40)30-18-16-29(17-19-30)28-14-12-26(22-38)13-15-28/h5-8,10-21,23,32-34,41H,1,9,24-25H2,2-4H3,(H,39,42). The zero-order chi connectivity index (χ0) is 31.7. The molecule has 4 aromatic rings. The summed E-state index contributed by atoms with van der Waals surface area (Å²) in [6.45, 7) is 9.51. The highest BCUT2D eigenvalue weighted by Crippen LogP contribution is 2.31. The molecule has 0 spiro atoms. The molecule has 7 heteroatoms. The van der Waals surface area contributed by atoms with Crippen molar-refractivity contribution in [2.24, 2.45) is 11.3 Å². The van der Waals surface area contributed by atoms with Crippen molar-refractivity contribution < 1.29 is 19.4 Å². The van der Waals surface area contributed by atoms with Crippen molar-refractivity contribution in [3.63, 3.8) is 0 Å². The van der Waals surface area contributed by atoms with E-state index in [4.69, 9.17) is 10.00 Å². The van der Waals surface area contributed by atoms with Gasteiger partial charge in [0.1, 0.15) is 12.6 Å². The van der Waals surface area contributed by atoms with Crippen molar-refractivity contribution >= 4 is 11.9 Å². The first kappa shape index (κ1) is 32.0. The van der Waals surface area contributed by atoms with Crippen LogP contribution in [0.4, 0.5) is 0 Å². The third-order valence-corrected chi connectivity index (χ3v) is 7.74. The second-order valence-electron chi connectivity index (χ2n) is 11.9. The minimum Gasteiger partial charge on any atom is -0.461 e. The van der Waals surface area contributed by atoms with E-state index in [9.17, 15) is 14.7 Å². The zero-order valence-electron chi connectivity index (χ0n) is 25.4. The molecule has 0 radical (unpaired) electrons. The number of nitriles is 1. The van der Waals surface area contributed by atoms with Gasteiger partial charge in [0.2, 0.25) is 5.91 Å². The van der Waals surface area contributed by atoms with Crippen molar-refractivity contribution in [3.8, 4) is 28.3 Å². The molecule has 0 saturated carbocycles. The monoisotopic (exact) mass is 589 g/mol. The van der Waals surface area contributed by atoms with E-state index in [1.165, 1.54) is 0 Å². The first-order chi connectivity index (χ1) is 21.1. The van der Waals surface area contributed by atoms with Crippen LogP contribution in [0, 0.1) is 22.7 Å². The number of aromatic nitrogens is 1. The summed E-state index contributed by atoms with van der Waals surface area (Å²) in [6.07, 6.45) is 5.48. The van der Waals surface area contributed by atoms with Crippen LogP contribution in [0.15, 0.2) is 110 Å². The fourth-order valence-corrected chi connectivity index (χ4v) is 5.04. The van der Waals surface area contributed by atoms with Gasteiger partial charge in [-0.2, -0.15) is 5.26 Å². The van der Waals surface area contributed by atoms with Gasteiger partial charge in [0.05, 0.1) is 30.2 Å². The van der Waals surface area contributed by atoms with E-state index in [0.29, 0.717) is 5.56 Å². The molecule has 44 heavy (non-hydrogen) atoms. The first-order valence-corrected chi connectivity index (χ1v) is 14.7. The second-order valence-corrected chi connectivity index (χ2v) is 11.9. The molecule has 3 atom stereocenters. The number of aliphatic hydroxyl groups excluding tert-OH is 1. The smallest absolute Gasteiger partial charge is 0.312 e. The van der Waals surface area contributed by atoms with Crippen LogP contribution < -0.4 is 5.32 Å². The van der Waals surface area contributed by atoms with Crippen molar-refractivity contribution in [2.45, 2.75) is 45.9 Å². The molecule has 0 bridgehead atoms. The van der Waals surface area contributed by atoms with Crippen LogP contribution >= 0.6 is 0 Å². The number of benzene rings is 3. The largest absolute Gasteiger partial charge is 0.461 e. The zero-order valence-corrected chi connectivity index (χ0v) is 25.4. The number of hydrogen-bond donors (Lipinski definition) is 2. The number of nitrogens with one attached hydrogen (secondary N) is 1. The summed E-state index contributed by atoms with van der Waals surface area (Å²) >= 11 is 0. The van der Waals surface area contributed by atoms with Gasteiger partial charge in [-0.3, -0.25) is 9.59 Å². The quantitative estimate of drug-likeness (QED) is 0.141. The molecular weight excluding hydrogens is 550 g/mol. The minimum atomic E-state index is -0.945. The first-order valence-electron chi connectivity index (χ1n) is 14.7. The normalized spacial score (nSPS) is 13.2. The van der Waals surface area contributed by atoms with Gasteiger partial charge < -0.3 is 19.7 Å².